The first-order chi connectivity index (χ1) is 14.8. The summed E-state index contributed by atoms with van der Waals surface area (Å²) < 4.78 is 39.4. The van der Waals surface area contributed by atoms with E-state index in [1.807, 2.05) is 0 Å². The highest BCUT2D eigenvalue weighted by molar-refractivity contribution is 5.94. The zero-order valence-corrected chi connectivity index (χ0v) is 17.1. The number of aromatic nitrogens is 3. The molecule has 0 spiro atoms. The number of piperazine rings is 1. The second-order valence-corrected chi connectivity index (χ2v) is 7.95. The Labute approximate surface area is 177 Å². The topological polar surface area (TPSA) is 71.3 Å². The Morgan fingerprint density at radius 3 is 2.45 bits per heavy atom. The molecule has 1 fully saturated rings. The van der Waals surface area contributed by atoms with Crippen molar-refractivity contribution in [3.63, 3.8) is 0 Å². The number of rotatable bonds is 4. The normalized spacial score (nSPS) is 17.5. The van der Waals surface area contributed by atoms with Crippen LogP contribution in [0.25, 0.3) is 0 Å². The maximum atomic E-state index is 12.6. The van der Waals surface area contributed by atoms with Gasteiger partial charge in [-0.25, -0.2) is 4.68 Å². The van der Waals surface area contributed by atoms with E-state index < -0.39 is 11.9 Å². The van der Waals surface area contributed by atoms with Crippen molar-refractivity contribution in [2.45, 2.75) is 38.4 Å². The predicted octanol–water partition coefficient (Wildman–Crippen LogP) is 1.99. The molecule has 0 atom stereocenters. The van der Waals surface area contributed by atoms with E-state index in [0.717, 1.165) is 49.2 Å². The smallest absolute Gasteiger partial charge is 0.336 e. The number of nitrogens with zero attached hydrogens (tertiary/aromatic N) is 5. The van der Waals surface area contributed by atoms with Crippen LogP contribution in [0, 0.1) is 0 Å². The van der Waals surface area contributed by atoms with E-state index >= 15 is 0 Å². The maximum absolute atomic E-state index is 12.6. The van der Waals surface area contributed by atoms with Gasteiger partial charge < -0.3 is 4.90 Å². The van der Waals surface area contributed by atoms with Crippen LogP contribution in [0.4, 0.5) is 13.2 Å². The summed E-state index contributed by atoms with van der Waals surface area (Å²) in [6, 6.07) is 3.70. The fraction of sp³-hybridized carbons (Fsp3) is 0.524. The minimum Gasteiger partial charge on any atom is -0.336 e. The monoisotopic (exact) mass is 435 g/mol. The maximum Gasteiger partial charge on any atom is 0.433 e. The average Bonchev–Trinajstić information content (AvgIpc) is 2.77. The molecule has 0 unspecified atom stereocenters. The summed E-state index contributed by atoms with van der Waals surface area (Å²) in [6.45, 7) is 3.32. The standard InChI is InChI=1S/C21H24F3N5O2/c22-21(23,24)18-6-5-16(14-25-18)20(31)28-10-7-27(8-11-28)9-12-29-19(30)13-15-3-1-2-4-17(15)26-29/h5-6,13-14H,1-4,7-12H2. The van der Waals surface area contributed by atoms with Crippen LogP contribution in [0.3, 0.4) is 0 Å². The Hall–Kier alpha value is -2.75. The second-order valence-electron chi connectivity index (χ2n) is 7.95. The third-order valence-corrected chi connectivity index (χ3v) is 5.86. The molecule has 0 radical (unpaired) electrons. The number of carbonyl (C=O) groups is 1. The van der Waals surface area contributed by atoms with Crippen molar-refractivity contribution in [1.82, 2.24) is 24.6 Å². The molecule has 1 aliphatic heterocycles. The first-order valence-corrected chi connectivity index (χ1v) is 10.5. The summed E-state index contributed by atoms with van der Waals surface area (Å²) in [5.74, 6) is -0.326. The number of fused-ring (bicyclic) bond motifs is 1. The van der Waals surface area contributed by atoms with Gasteiger partial charge in [0.2, 0.25) is 0 Å². The first kappa shape index (κ1) is 21.5. The quantitative estimate of drug-likeness (QED) is 0.735. The van der Waals surface area contributed by atoms with Crippen molar-refractivity contribution in [2.75, 3.05) is 32.7 Å². The van der Waals surface area contributed by atoms with Gasteiger partial charge >= 0.3 is 6.18 Å². The Morgan fingerprint density at radius 2 is 1.77 bits per heavy atom. The van der Waals surface area contributed by atoms with Crippen molar-refractivity contribution in [3.8, 4) is 0 Å². The summed E-state index contributed by atoms with van der Waals surface area (Å²) in [7, 11) is 0. The van der Waals surface area contributed by atoms with E-state index in [4.69, 9.17) is 0 Å². The van der Waals surface area contributed by atoms with Crippen LogP contribution in [-0.2, 0) is 25.6 Å². The van der Waals surface area contributed by atoms with Crippen LogP contribution in [0.1, 0.15) is 40.2 Å². The number of hydrogen-bond acceptors (Lipinski definition) is 5. The summed E-state index contributed by atoms with van der Waals surface area (Å²) in [6.07, 6.45) is 0.484. The van der Waals surface area contributed by atoms with Gasteiger partial charge in [0, 0.05) is 45.0 Å². The molecular formula is C21H24F3N5O2. The summed E-state index contributed by atoms with van der Waals surface area (Å²) in [5.41, 5.74) is 1.14. The largest absolute Gasteiger partial charge is 0.433 e. The zero-order chi connectivity index (χ0) is 22.0. The van der Waals surface area contributed by atoms with Crippen LogP contribution >= 0.6 is 0 Å². The summed E-state index contributed by atoms with van der Waals surface area (Å²) >= 11 is 0. The number of halogens is 3. The van der Waals surface area contributed by atoms with E-state index in [1.54, 1.807) is 11.0 Å². The van der Waals surface area contributed by atoms with Gasteiger partial charge in [-0.3, -0.25) is 19.5 Å². The number of carbonyl (C=O) groups excluding carboxylic acids is 1. The fourth-order valence-corrected chi connectivity index (χ4v) is 4.04. The van der Waals surface area contributed by atoms with Crippen molar-refractivity contribution in [2.24, 2.45) is 0 Å². The molecule has 0 bridgehead atoms. The molecule has 2 aromatic heterocycles. The lowest BCUT2D eigenvalue weighted by molar-refractivity contribution is -0.141. The molecule has 3 heterocycles. The molecule has 1 aliphatic carbocycles. The Kier molecular flexibility index (Phi) is 6.08. The number of alkyl halides is 3. The summed E-state index contributed by atoms with van der Waals surface area (Å²) in [5, 5.41) is 4.53. The van der Waals surface area contributed by atoms with Gasteiger partial charge in [0.05, 0.1) is 17.8 Å². The molecule has 7 nitrogen and oxygen atoms in total. The van der Waals surface area contributed by atoms with Crippen molar-refractivity contribution >= 4 is 5.91 Å². The molecule has 4 rings (SSSR count). The minimum atomic E-state index is -4.53. The van der Waals surface area contributed by atoms with Gasteiger partial charge in [0.1, 0.15) is 5.69 Å². The molecule has 0 aromatic carbocycles. The van der Waals surface area contributed by atoms with E-state index in [9.17, 15) is 22.8 Å². The van der Waals surface area contributed by atoms with Crippen LogP contribution in [-0.4, -0.2) is 63.2 Å². The highest BCUT2D eigenvalue weighted by Crippen LogP contribution is 2.27. The Balaban J connectivity index is 1.30. The lowest BCUT2D eigenvalue weighted by Gasteiger charge is -2.34. The third-order valence-electron chi connectivity index (χ3n) is 5.86. The SMILES string of the molecule is O=C(c1ccc(C(F)(F)F)nc1)N1CCN(CCn2nc3c(cc2=O)CCCC3)CC1. The number of aryl methyl sites for hydroxylation is 2. The van der Waals surface area contributed by atoms with Crippen LogP contribution in [0.2, 0.25) is 0 Å². The van der Waals surface area contributed by atoms with E-state index in [-0.39, 0.29) is 17.0 Å². The third kappa shape index (κ3) is 4.95. The minimum absolute atomic E-state index is 0.0794. The average molecular weight is 435 g/mol. The lowest BCUT2D eigenvalue weighted by Crippen LogP contribution is -2.49. The van der Waals surface area contributed by atoms with Crippen molar-refractivity contribution in [1.29, 1.82) is 0 Å². The van der Waals surface area contributed by atoms with Crippen LogP contribution < -0.4 is 5.56 Å². The highest BCUT2D eigenvalue weighted by atomic mass is 19.4. The molecule has 31 heavy (non-hydrogen) atoms. The Morgan fingerprint density at radius 1 is 1.03 bits per heavy atom. The molecule has 0 N–H and O–H groups in total. The van der Waals surface area contributed by atoms with Gasteiger partial charge in [0.25, 0.3) is 11.5 Å². The molecule has 1 amide bonds. The zero-order valence-electron chi connectivity index (χ0n) is 17.1. The van der Waals surface area contributed by atoms with Crippen molar-refractivity contribution < 1.29 is 18.0 Å². The van der Waals surface area contributed by atoms with E-state index in [0.29, 0.717) is 39.3 Å². The summed E-state index contributed by atoms with van der Waals surface area (Å²) in [4.78, 5) is 32.0. The van der Waals surface area contributed by atoms with Crippen LogP contribution in [0.15, 0.2) is 29.2 Å². The van der Waals surface area contributed by atoms with Gasteiger partial charge in [-0.1, -0.05) is 0 Å². The predicted molar refractivity (Wildman–Crippen MR) is 107 cm³/mol. The molecule has 10 heteroatoms. The number of amides is 1. The molecule has 2 aromatic rings. The molecule has 2 aliphatic rings. The van der Waals surface area contributed by atoms with Gasteiger partial charge in [-0.15, -0.1) is 0 Å². The van der Waals surface area contributed by atoms with Gasteiger partial charge in [-0.05, 0) is 43.4 Å². The van der Waals surface area contributed by atoms with Crippen molar-refractivity contribution in [3.05, 3.63) is 57.3 Å². The first-order valence-electron chi connectivity index (χ1n) is 10.5. The molecule has 0 saturated carbocycles. The molecule has 166 valence electrons. The fourth-order valence-electron chi connectivity index (χ4n) is 4.04. The van der Waals surface area contributed by atoms with Gasteiger partial charge in [0.15, 0.2) is 0 Å². The molecular weight excluding hydrogens is 411 g/mol. The van der Waals surface area contributed by atoms with E-state index in [1.165, 1.54) is 10.7 Å². The Bertz CT molecular complexity index is 996. The van der Waals surface area contributed by atoms with Gasteiger partial charge in [-0.2, -0.15) is 18.3 Å². The number of hydrogen-bond donors (Lipinski definition) is 0. The second kappa shape index (κ2) is 8.78. The van der Waals surface area contributed by atoms with Crippen LogP contribution in [0.5, 0.6) is 0 Å². The van der Waals surface area contributed by atoms with E-state index in [2.05, 4.69) is 15.0 Å². The highest BCUT2D eigenvalue weighted by Gasteiger charge is 2.32. The molecule has 1 saturated heterocycles. The number of pyridine rings is 1. The lowest BCUT2D eigenvalue weighted by atomic mass is 9.97.